The van der Waals surface area contributed by atoms with E-state index in [1.54, 1.807) is 18.2 Å². The number of halogens is 1. The minimum atomic E-state index is -0.243. The van der Waals surface area contributed by atoms with Crippen LogP contribution in [0.5, 0.6) is 0 Å². The minimum absolute atomic E-state index is 0.215. The maximum absolute atomic E-state index is 13.5. The zero-order valence-electron chi connectivity index (χ0n) is 11.6. The summed E-state index contributed by atoms with van der Waals surface area (Å²) in [6.07, 6.45) is 1.31. The highest BCUT2D eigenvalue weighted by Gasteiger charge is 2.21. The number of amides is 1. The summed E-state index contributed by atoms with van der Waals surface area (Å²) < 4.78 is 13.5. The van der Waals surface area contributed by atoms with Gasteiger partial charge in [-0.25, -0.2) is 4.39 Å². The van der Waals surface area contributed by atoms with E-state index in [0.29, 0.717) is 30.8 Å². The van der Waals surface area contributed by atoms with E-state index in [0.717, 1.165) is 24.2 Å². The molecule has 0 saturated carbocycles. The third-order valence-corrected chi connectivity index (χ3v) is 3.66. The first-order valence-electron chi connectivity index (χ1n) is 7.04. The predicted octanol–water partition coefficient (Wildman–Crippen LogP) is 1.17. The number of nitrogens with one attached hydrogen (secondary N) is 3. The lowest BCUT2D eigenvalue weighted by atomic mass is 10.1. The van der Waals surface area contributed by atoms with Crippen molar-refractivity contribution >= 4 is 5.91 Å². The van der Waals surface area contributed by atoms with E-state index in [1.807, 2.05) is 0 Å². The fraction of sp³-hybridized carbons (Fsp3) is 0.333. The number of nitrogens with zero attached hydrogens (tertiary/aromatic N) is 1. The third kappa shape index (κ3) is 2.95. The quantitative estimate of drug-likeness (QED) is 0.791. The molecule has 0 spiro atoms. The maximum Gasteiger partial charge on any atom is 0.272 e. The Bertz CT molecular complexity index is 653. The molecule has 0 radical (unpaired) electrons. The lowest BCUT2D eigenvalue weighted by Gasteiger charge is -2.12. The van der Waals surface area contributed by atoms with Crippen LogP contribution in [-0.4, -0.2) is 29.2 Å². The minimum Gasteiger partial charge on any atom is -0.350 e. The molecule has 0 saturated heterocycles. The smallest absolute Gasteiger partial charge is 0.272 e. The van der Waals surface area contributed by atoms with Crippen molar-refractivity contribution in [2.75, 3.05) is 13.1 Å². The zero-order valence-corrected chi connectivity index (χ0v) is 11.6. The van der Waals surface area contributed by atoms with Crippen LogP contribution in [0.4, 0.5) is 4.39 Å². The van der Waals surface area contributed by atoms with Crippen molar-refractivity contribution in [2.45, 2.75) is 19.4 Å². The summed E-state index contributed by atoms with van der Waals surface area (Å²) in [6.45, 7) is 1.93. The Morgan fingerprint density at radius 1 is 1.38 bits per heavy atom. The van der Waals surface area contributed by atoms with Crippen molar-refractivity contribution in [3.63, 3.8) is 0 Å². The summed E-state index contributed by atoms with van der Waals surface area (Å²) in [7, 11) is 0. The van der Waals surface area contributed by atoms with Crippen molar-refractivity contribution in [2.24, 2.45) is 0 Å². The molecular weight excluding hydrogens is 271 g/mol. The summed E-state index contributed by atoms with van der Waals surface area (Å²) >= 11 is 0. The van der Waals surface area contributed by atoms with Gasteiger partial charge in [0.2, 0.25) is 0 Å². The van der Waals surface area contributed by atoms with Gasteiger partial charge in [-0.05, 0) is 18.1 Å². The highest BCUT2D eigenvalue weighted by molar-refractivity contribution is 5.94. The summed E-state index contributed by atoms with van der Waals surface area (Å²) in [5, 5.41) is 13.0. The number of fused-ring (bicyclic) bond motifs is 1. The topological polar surface area (TPSA) is 69.8 Å². The molecule has 3 N–H and O–H groups in total. The van der Waals surface area contributed by atoms with Crippen LogP contribution in [0.2, 0.25) is 0 Å². The molecule has 0 unspecified atom stereocenters. The van der Waals surface area contributed by atoms with E-state index in [-0.39, 0.29) is 11.7 Å². The van der Waals surface area contributed by atoms with Gasteiger partial charge in [0, 0.05) is 37.3 Å². The fourth-order valence-electron chi connectivity index (χ4n) is 2.51. The number of aromatic amines is 1. The molecule has 6 heteroatoms. The van der Waals surface area contributed by atoms with Crippen LogP contribution < -0.4 is 10.6 Å². The first-order valence-corrected chi connectivity index (χ1v) is 7.04. The molecule has 1 aliphatic heterocycles. The first-order chi connectivity index (χ1) is 10.3. The van der Waals surface area contributed by atoms with Gasteiger partial charge in [0.25, 0.3) is 5.91 Å². The fourth-order valence-corrected chi connectivity index (χ4v) is 2.51. The molecule has 0 aliphatic carbocycles. The average Bonchev–Trinajstić information content (AvgIpc) is 2.93. The number of hydrogen-bond donors (Lipinski definition) is 3. The van der Waals surface area contributed by atoms with Crippen LogP contribution in [0.15, 0.2) is 24.3 Å². The molecule has 110 valence electrons. The van der Waals surface area contributed by atoms with Crippen LogP contribution in [0.3, 0.4) is 0 Å². The molecule has 0 fully saturated rings. The van der Waals surface area contributed by atoms with Crippen molar-refractivity contribution in [3.05, 3.63) is 52.6 Å². The lowest BCUT2D eigenvalue weighted by Crippen LogP contribution is -2.29. The zero-order chi connectivity index (χ0) is 14.7. The molecular formula is C15H17FN4O. The van der Waals surface area contributed by atoms with Gasteiger partial charge in [-0.1, -0.05) is 18.2 Å². The molecule has 21 heavy (non-hydrogen) atoms. The third-order valence-electron chi connectivity index (χ3n) is 3.66. The molecule has 1 amide bonds. The monoisotopic (exact) mass is 288 g/mol. The summed E-state index contributed by atoms with van der Waals surface area (Å²) in [5.74, 6) is -0.458. The van der Waals surface area contributed by atoms with Crippen LogP contribution in [0, 0.1) is 5.82 Å². The van der Waals surface area contributed by atoms with E-state index >= 15 is 0 Å². The molecule has 3 rings (SSSR count). The van der Waals surface area contributed by atoms with Crippen molar-refractivity contribution in [1.82, 2.24) is 20.8 Å². The average molecular weight is 288 g/mol. The maximum atomic E-state index is 13.5. The second-order valence-corrected chi connectivity index (χ2v) is 5.05. The largest absolute Gasteiger partial charge is 0.350 e. The van der Waals surface area contributed by atoms with E-state index in [9.17, 15) is 9.18 Å². The number of aromatic nitrogens is 2. The molecule has 5 nitrogen and oxygen atoms in total. The van der Waals surface area contributed by atoms with Gasteiger partial charge in [-0.3, -0.25) is 9.89 Å². The number of carbonyl (C=O) groups excluding carboxylic acids is 1. The Hall–Kier alpha value is -2.21. The second-order valence-electron chi connectivity index (χ2n) is 5.05. The SMILES string of the molecule is O=C(NCCc1ccccc1F)c1n[nH]c2c1CNCC2. The predicted molar refractivity (Wildman–Crippen MR) is 76.4 cm³/mol. The van der Waals surface area contributed by atoms with E-state index in [4.69, 9.17) is 0 Å². The molecule has 2 aromatic rings. The number of rotatable bonds is 4. The lowest BCUT2D eigenvalue weighted by molar-refractivity contribution is 0.0948. The van der Waals surface area contributed by atoms with E-state index < -0.39 is 0 Å². The van der Waals surface area contributed by atoms with Crippen molar-refractivity contribution in [1.29, 1.82) is 0 Å². The number of carbonyl (C=O) groups is 1. The number of hydrogen-bond acceptors (Lipinski definition) is 3. The first kappa shape index (κ1) is 13.8. The molecule has 1 aromatic heterocycles. The van der Waals surface area contributed by atoms with Gasteiger partial charge in [0.05, 0.1) is 0 Å². The molecule has 0 atom stereocenters. The van der Waals surface area contributed by atoms with Gasteiger partial charge in [0.15, 0.2) is 5.69 Å². The Morgan fingerprint density at radius 3 is 3.10 bits per heavy atom. The molecule has 2 heterocycles. The van der Waals surface area contributed by atoms with Crippen LogP contribution in [0.1, 0.15) is 27.3 Å². The van der Waals surface area contributed by atoms with Gasteiger partial charge >= 0.3 is 0 Å². The van der Waals surface area contributed by atoms with Crippen LogP contribution in [0.25, 0.3) is 0 Å². The summed E-state index contributed by atoms with van der Waals surface area (Å²) in [4.78, 5) is 12.1. The van der Waals surface area contributed by atoms with Crippen LogP contribution >= 0.6 is 0 Å². The van der Waals surface area contributed by atoms with Gasteiger partial charge in [-0.15, -0.1) is 0 Å². The Balaban J connectivity index is 1.60. The standard InChI is InChI=1S/C15H17FN4O/c16-12-4-2-1-3-10(12)5-8-18-15(21)14-11-9-17-7-6-13(11)19-20-14/h1-4,17H,5-9H2,(H,18,21)(H,19,20). The van der Waals surface area contributed by atoms with Gasteiger partial charge in [0.1, 0.15) is 5.82 Å². The highest BCUT2D eigenvalue weighted by Crippen LogP contribution is 2.15. The van der Waals surface area contributed by atoms with Gasteiger partial charge in [-0.2, -0.15) is 5.10 Å². The van der Waals surface area contributed by atoms with Gasteiger partial charge < -0.3 is 10.6 Å². The molecule has 1 aromatic carbocycles. The van der Waals surface area contributed by atoms with E-state index in [2.05, 4.69) is 20.8 Å². The van der Waals surface area contributed by atoms with Crippen molar-refractivity contribution in [3.8, 4) is 0 Å². The number of benzene rings is 1. The van der Waals surface area contributed by atoms with E-state index in [1.165, 1.54) is 6.07 Å². The molecule has 1 aliphatic rings. The highest BCUT2D eigenvalue weighted by atomic mass is 19.1. The summed E-state index contributed by atoms with van der Waals surface area (Å²) in [6, 6.07) is 6.59. The second kappa shape index (κ2) is 6.05. The number of H-pyrrole nitrogens is 1. The summed E-state index contributed by atoms with van der Waals surface area (Å²) in [5.41, 5.74) is 2.99. The van der Waals surface area contributed by atoms with Crippen LogP contribution in [-0.2, 0) is 19.4 Å². The molecule has 0 bridgehead atoms. The van der Waals surface area contributed by atoms with Crippen molar-refractivity contribution < 1.29 is 9.18 Å². The Labute approximate surface area is 121 Å². The normalized spacial score (nSPS) is 13.8. The Kier molecular flexibility index (Phi) is 3.96. The Morgan fingerprint density at radius 2 is 2.24 bits per heavy atom.